The molecule has 0 saturated heterocycles. The molecule has 2 atom stereocenters. The molecule has 3 rings (SSSR count). The molecule has 0 heterocycles. The molecule has 0 radical (unpaired) electrons. The summed E-state index contributed by atoms with van der Waals surface area (Å²) in [5.41, 5.74) is 10.1. The summed E-state index contributed by atoms with van der Waals surface area (Å²) in [4.78, 5) is 23.9. The van der Waals surface area contributed by atoms with E-state index in [0.29, 0.717) is 18.9 Å². The normalized spacial score (nSPS) is 24.1. The third-order valence-electron chi connectivity index (χ3n) is 5.01. The number of hydrogen-bond donors (Lipinski definition) is 1. The highest BCUT2D eigenvalue weighted by Crippen LogP contribution is 2.43. The Balaban J connectivity index is 1.82. The van der Waals surface area contributed by atoms with Crippen LogP contribution >= 0.6 is 0 Å². The fourth-order valence-electron chi connectivity index (χ4n) is 3.87. The fourth-order valence-corrected chi connectivity index (χ4v) is 3.87. The molecule has 22 heavy (non-hydrogen) atoms. The van der Waals surface area contributed by atoms with E-state index in [-0.39, 0.29) is 17.7 Å². The lowest BCUT2D eigenvalue weighted by Crippen LogP contribution is -2.16. The molecule has 0 bridgehead atoms. The minimum Gasteiger partial charge on any atom is -0.466 e. The van der Waals surface area contributed by atoms with Gasteiger partial charge in [-0.1, -0.05) is 12.1 Å². The minimum atomic E-state index is -0.0864. The first kappa shape index (κ1) is 15.1. The molecule has 0 spiro atoms. The van der Waals surface area contributed by atoms with Crippen molar-refractivity contribution in [3.05, 3.63) is 28.8 Å². The summed E-state index contributed by atoms with van der Waals surface area (Å²) in [5.74, 6) is 0.408. The van der Waals surface area contributed by atoms with Gasteiger partial charge in [0.25, 0.3) is 0 Å². The van der Waals surface area contributed by atoms with Crippen LogP contribution in [-0.2, 0) is 16.0 Å². The van der Waals surface area contributed by atoms with Crippen molar-refractivity contribution in [3.8, 4) is 0 Å². The quantitative estimate of drug-likeness (QED) is 0.687. The van der Waals surface area contributed by atoms with Crippen molar-refractivity contribution in [1.82, 2.24) is 0 Å². The first-order valence-electron chi connectivity index (χ1n) is 8.22. The maximum Gasteiger partial charge on any atom is 0.308 e. The van der Waals surface area contributed by atoms with Crippen LogP contribution in [0, 0.1) is 5.92 Å². The highest BCUT2D eigenvalue weighted by atomic mass is 16.5. The molecule has 1 fully saturated rings. The van der Waals surface area contributed by atoms with E-state index < -0.39 is 0 Å². The number of esters is 1. The molecule has 0 aliphatic heterocycles. The number of hydrogen-bond acceptors (Lipinski definition) is 4. The number of nitrogen functional groups attached to an aromatic ring is 1. The number of rotatable bonds is 3. The van der Waals surface area contributed by atoms with Crippen molar-refractivity contribution < 1.29 is 14.3 Å². The summed E-state index contributed by atoms with van der Waals surface area (Å²) in [6, 6.07) is 3.93. The van der Waals surface area contributed by atoms with Gasteiger partial charge >= 0.3 is 5.97 Å². The summed E-state index contributed by atoms with van der Waals surface area (Å²) in [6.07, 6.45) is 5.01. The van der Waals surface area contributed by atoms with Crippen molar-refractivity contribution >= 4 is 17.4 Å². The van der Waals surface area contributed by atoms with Gasteiger partial charge < -0.3 is 10.5 Å². The molecule has 1 aromatic carbocycles. The number of ether oxygens (including phenoxy) is 1. The zero-order chi connectivity index (χ0) is 15.7. The molecule has 0 aromatic heterocycles. The van der Waals surface area contributed by atoms with E-state index in [9.17, 15) is 9.59 Å². The van der Waals surface area contributed by atoms with Gasteiger partial charge in [0.15, 0.2) is 5.78 Å². The minimum absolute atomic E-state index is 0.0120. The van der Waals surface area contributed by atoms with Gasteiger partial charge in [0, 0.05) is 17.7 Å². The topological polar surface area (TPSA) is 69.4 Å². The predicted octanol–water partition coefficient (Wildman–Crippen LogP) is 3.23. The van der Waals surface area contributed by atoms with Crippen LogP contribution in [-0.4, -0.2) is 18.4 Å². The maximum atomic E-state index is 12.0. The van der Waals surface area contributed by atoms with Gasteiger partial charge in [-0.25, -0.2) is 0 Å². The Morgan fingerprint density at radius 1 is 1.32 bits per heavy atom. The Bertz CT molecular complexity index is 609. The van der Waals surface area contributed by atoms with Gasteiger partial charge in [-0.05, 0) is 56.1 Å². The van der Waals surface area contributed by atoms with E-state index in [0.717, 1.165) is 54.5 Å². The van der Waals surface area contributed by atoms with Gasteiger partial charge in [-0.2, -0.15) is 0 Å². The number of anilines is 1. The van der Waals surface area contributed by atoms with Gasteiger partial charge in [-0.15, -0.1) is 0 Å². The number of carbonyl (C=O) groups is 2. The van der Waals surface area contributed by atoms with Gasteiger partial charge in [-0.3, -0.25) is 9.59 Å². The van der Waals surface area contributed by atoms with Gasteiger partial charge in [0.2, 0.25) is 0 Å². The SMILES string of the molecule is CCOC(=O)C1CCC(c2ccc3c(c2N)CCCC3=O)C1. The average molecular weight is 301 g/mol. The molecule has 2 aliphatic carbocycles. The molecule has 0 amide bonds. The first-order chi connectivity index (χ1) is 10.6. The van der Waals surface area contributed by atoms with E-state index >= 15 is 0 Å². The Kier molecular flexibility index (Phi) is 4.19. The molecule has 4 heteroatoms. The van der Waals surface area contributed by atoms with Crippen molar-refractivity contribution in [2.45, 2.75) is 51.4 Å². The second-order valence-electron chi connectivity index (χ2n) is 6.33. The van der Waals surface area contributed by atoms with Gasteiger partial charge in [0.1, 0.15) is 0 Å². The fraction of sp³-hybridized carbons (Fsp3) is 0.556. The van der Waals surface area contributed by atoms with Crippen molar-refractivity contribution in [2.24, 2.45) is 5.92 Å². The standard InChI is InChI=1S/C18H23NO3/c1-2-22-18(21)12-7-6-11(10-12)13-8-9-14-15(17(13)19)4-3-5-16(14)20/h8-9,11-12H,2-7,10,19H2,1H3. The zero-order valence-electron chi connectivity index (χ0n) is 13.1. The summed E-state index contributed by atoms with van der Waals surface area (Å²) < 4.78 is 5.13. The molecule has 1 saturated carbocycles. The smallest absolute Gasteiger partial charge is 0.308 e. The number of carbonyl (C=O) groups excluding carboxylic acids is 2. The number of Topliss-reactive ketones (excluding diaryl/α,β-unsaturated/α-hetero) is 1. The number of nitrogens with two attached hydrogens (primary N) is 1. The second-order valence-corrected chi connectivity index (χ2v) is 6.33. The molecular weight excluding hydrogens is 278 g/mol. The Labute approximate surface area is 131 Å². The van der Waals surface area contributed by atoms with E-state index in [1.54, 1.807) is 0 Å². The van der Waals surface area contributed by atoms with Crippen LogP contribution in [0.3, 0.4) is 0 Å². The monoisotopic (exact) mass is 301 g/mol. The highest BCUT2D eigenvalue weighted by Gasteiger charge is 2.33. The summed E-state index contributed by atoms with van der Waals surface area (Å²) in [7, 11) is 0. The molecule has 4 nitrogen and oxygen atoms in total. The van der Waals surface area contributed by atoms with Crippen LogP contribution in [0.1, 0.15) is 66.4 Å². The zero-order valence-corrected chi connectivity index (χ0v) is 13.1. The number of benzene rings is 1. The lowest BCUT2D eigenvalue weighted by Gasteiger charge is -2.21. The van der Waals surface area contributed by atoms with E-state index in [1.807, 2.05) is 19.1 Å². The van der Waals surface area contributed by atoms with Crippen LogP contribution in [0.4, 0.5) is 5.69 Å². The van der Waals surface area contributed by atoms with E-state index in [1.165, 1.54) is 0 Å². The van der Waals surface area contributed by atoms with Crippen molar-refractivity contribution in [3.63, 3.8) is 0 Å². The average Bonchev–Trinajstić information content (AvgIpc) is 2.98. The molecule has 2 unspecified atom stereocenters. The second kappa shape index (κ2) is 6.11. The molecular formula is C18H23NO3. The van der Waals surface area contributed by atoms with Crippen LogP contribution < -0.4 is 5.73 Å². The number of ketones is 1. The largest absolute Gasteiger partial charge is 0.466 e. The highest BCUT2D eigenvalue weighted by molar-refractivity contribution is 6.00. The van der Waals surface area contributed by atoms with Crippen molar-refractivity contribution in [1.29, 1.82) is 0 Å². The summed E-state index contributed by atoms with van der Waals surface area (Å²) in [5, 5.41) is 0. The van der Waals surface area contributed by atoms with Gasteiger partial charge in [0.05, 0.1) is 12.5 Å². The summed E-state index contributed by atoms with van der Waals surface area (Å²) in [6.45, 7) is 2.27. The Morgan fingerprint density at radius 3 is 2.91 bits per heavy atom. The molecule has 118 valence electrons. The first-order valence-corrected chi connectivity index (χ1v) is 8.22. The molecule has 2 N–H and O–H groups in total. The molecule has 1 aromatic rings. The Morgan fingerprint density at radius 2 is 2.14 bits per heavy atom. The van der Waals surface area contributed by atoms with Crippen molar-refractivity contribution in [2.75, 3.05) is 12.3 Å². The van der Waals surface area contributed by atoms with Crippen LogP contribution in [0.25, 0.3) is 0 Å². The maximum absolute atomic E-state index is 12.0. The third-order valence-corrected chi connectivity index (χ3v) is 5.01. The Hall–Kier alpha value is -1.84. The summed E-state index contributed by atoms with van der Waals surface area (Å²) >= 11 is 0. The predicted molar refractivity (Wildman–Crippen MR) is 84.8 cm³/mol. The lowest BCUT2D eigenvalue weighted by atomic mass is 9.84. The van der Waals surface area contributed by atoms with E-state index in [4.69, 9.17) is 10.5 Å². The van der Waals surface area contributed by atoms with E-state index in [2.05, 4.69) is 0 Å². The third kappa shape index (κ3) is 2.62. The number of fused-ring (bicyclic) bond motifs is 1. The van der Waals surface area contributed by atoms with Crippen LogP contribution in [0.2, 0.25) is 0 Å². The molecule has 2 aliphatic rings. The lowest BCUT2D eigenvalue weighted by molar-refractivity contribution is -0.147. The van der Waals surface area contributed by atoms with Crippen LogP contribution in [0.15, 0.2) is 12.1 Å². The van der Waals surface area contributed by atoms with Crippen LogP contribution in [0.5, 0.6) is 0 Å².